The minimum atomic E-state index is -0.767. The molecule has 4 nitrogen and oxygen atoms in total. The highest BCUT2D eigenvalue weighted by Crippen LogP contribution is 2.60. The predicted octanol–water partition coefficient (Wildman–Crippen LogP) is 1.76. The molecule has 2 heterocycles. The smallest absolute Gasteiger partial charge is 0.194 e. The summed E-state index contributed by atoms with van der Waals surface area (Å²) in [6, 6.07) is 0. The van der Waals surface area contributed by atoms with E-state index in [1.165, 1.54) is 0 Å². The van der Waals surface area contributed by atoms with Gasteiger partial charge >= 0.3 is 0 Å². The zero-order valence-electron chi connectivity index (χ0n) is 7.84. The van der Waals surface area contributed by atoms with Crippen LogP contribution in [0.5, 0.6) is 0 Å². The molecule has 0 aliphatic carbocycles. The molecule has 0 N–H and O–H groups in total. The molecule has 12 heavy (non-hydrogen) atoms. The van der Waals surface area contributed by atoms with Crippen molar-refractivity contribution < 1.29 is 19.6 Å². The third-order valence-electron chi connectivity index (χ3n) is 3.43. The normalized spacial score (nSPS) is 58.0. The summed E-state index contributed by atoms with van der Waals surface area (Å²) in [6.45, 7) is 7.75. The molecule has 2 rings (SSSR count). The van der Waals surface area contributed by atoms with Gasteiger partial charge in [-0.2, -0.15) is 19.6 Å². The second kappa shape index (κ2) is 2.01. The molecule has 0 aromatic heterocycles. The monoisotopic (exact) mass is 174 g/mol. The predicted molar refractivity (Wildman–Crippen MR) is 39.5 cm³/mol. The van der Waals surface area contributed by atoms with E-state index in [0.29, 0.717) is 0 Å². The standard InChI is InChI=1S/C8H14O4/c1-5-6(2)7(3)9-11-8(6,4)12-10-7/h5H2,1-4H3. The molecular weight excluding hydrogens is 160 g/mol. The third kappa shape index (κ3) is 0.633. The highest BCUT2D eigenvalue weighted by Gasteiger charge is 2.73. The van der Waals surface area contributed by atoms with Gasteiger partial charge in [0.1, 0.15) is 0 Å². The number of hydrogen-bond donors (Lipinski definition) is 0. The largest absolute Gasteiger partial charge is 0.242 e. The Morgan fingerprint density at radius 3 is 1.33 bits per heavy atom. The van der Waals surface area contributed by atoms with E-state index in [1.807, 2.05) is 20.8 Å². The maximum Gasteiger partial charge on any atom is 0.242 e. The molecule has 2 aliphatic heterocycles. The lowest BCUT2D eigenvalue weighted by atomic mass is 9.74. The molecular formula is C8H14O4. The Kier molecular flexibility index (Phi) is 1.41. The van der Waals surface area contributed by atoms with E-state index < -0.39 is 11.6 Å². The molecule has 4 heteroatoms. The molecule has 2 saturated heterocycles. The van der Waals surface area contributed by atoms with Gasteiger partial charge in [0, 0.05) is 0 Å². The van der Waals surface area contributed by atoms with Gasteiger partial charge in [0.25, 0.3) is 0 Å². The van der Waals surface area contributed by atoms with E-state index >= 15 is 0 Å². The van der Waals surface area contributed by atoms with E-state index in [1.54, 1.807) is 0 Å². The maximum atomic E-state index is 5.10. The van der Waals surface area contributed by atoms with Gasteiger partial charge in [-0.25, -0.2) is 0 Å². The van der Waals surface area contributed by atoms with Gasteiger partial charge in [-0.1, -0.05) is 6.92 Å². The van der Waals surface area contributed by atoms with Gasteiger partial charge in [-0.3, -0.25) is 0 Å². The second-order valence-electron chi connectivity index (χ2n) is 3.91. The van der Waals surface area contributed by atoms with Crippen LogP contribution in [0, 0.1) is 5.41 Å². The van der Waals surface area contributed by atoms with Crippen molar-refractivity contribution in [1.29, 1.82) is 0 Å². The average molecular weight is 174 g/mol. The molecule has 0 radical (unpaired) electrons. The fourth-order valence-corrected chi connectivity index (χ4v) is 1.77. The van der Waals surface area contributed by atoms with Crippen LogP contribution >= 0.6 is 0 Å². The molecule has 0 atom stereocenters. The number of rotatable bonds is 1. The molecule has 0 aromatic rings. The molecule has 0 spiro atoms. The second-order valence-corrected chi connectivity index (χ2v) is 3.91. The molecule has 2 aliphatic rings. The van der Waals surface area contributed by atoms with Crippen molar-refractivity contribution in [2.24, 2.45) is 5.41 Å². The zero-order valence-corrected chi connectivity index (χ0v) is 7.84. The lowest BCUT2D eigenvalue weighted by Crippen LogP contribution is -2.44. The molecule has 0 unspecified atom stereocenters. The molecule has 0 saturated carbocycles. The Balaban J connectivity index is 2.44. The van der Waals surface area contributed by atoms with Crippen molar-refractivity contribution in [1.82, 2.24) is 0 Å². The summed E-state index contributed by atoms with van der Waals surface area (Å²) in [7, 11) is 0. The van der Waals surface area contributed by atoms with E-state index in [0.717, 1.165) is 6.42 Å². The minimum Gasteiger partial charge on any atom is -0.194 e. The van der Waals surface area contributed by atoms with E-state index in [2.05, 4.69) is 6.92 Å². The van der Waals surface area contributed by atoms with Gasteiger partial charge in [-0.05, 0) is 27.2 Å². The van der Waals surface area contributed by atoms with Gasteiger partial charge < -0.3 is 0 Å². The first kappa shape index (κ1) is 8.44. The minimum absolute atomic E-state index is 0.250. The van der Waals surface area contributed by atoms with Crippen molar-refractivity contribution in [3.05, 3.63) is 0 Å². The molecule has 0 amide bonds. The van der Waals surface area contributed by atoms with E-state index in [-0.39, 0.29) is 5.41 Å². The molecule has 2 bridgehead atoms. The maximum absolute atomic E-state index is 5.10. The molecule has 70 valence electrons. The fraction of sp³-hybridized carbons (Fsp3) is 1.00. The highest BCUT2D eigenvalue weighted by atomic mass is 17.4. The van der Waals surface area contributed by atoms with Crippen LogP contribution < -0.4 is 0 Å². The summed E-state index contributed by atoms with van der Waals surface area (Å²) in [5, 5.41) is 0. The fourth-order valence-electron chi connectivity index (χ4n) is 1.77. The Morgan fingerprint density at radius 2 is 1.17 bits per heavy atom. The van der Waals surface area contributed by atoms with Gasteiger partial charge in [0.2, 0.25) is 11.6 Å². The number of fused-ring (bicyclic) bond motifs is 2. The van der Waals surface area contributed by atoms with Crippen LogP contribution in [-0.4, -0.2) is 11.6 Å². The first-order chi connectivity index (χ1) is 5.47. The van der Waals surface area contributed by atoms with Crippen molar-refractivity contribution in [2.75, 3.05) is 0 Å². The van der Waals surface area contributed by atoms with Crippen LogP contribution in [-0.2, 0) is 19.6 Å². The van der Waals surface area contributed by atoms with Crippen molar-refractivity contribution in [3.8, 4) is 0 Å². The average Bonchev–Trinajstić information content (AvgIpc) is 2.37. The summed E-state index contributed by atoms with van der Waals surface area (Å²) in [5.41, 5.74) is -0.250. The summed E-state index contributed by atoms with van der Waals surface area (Å²) < 4.78 is 0. The van der Waals surface area contributed by atoms with Crippen LogP contribution in [0.4, 0.5) is 0 Å². The lowest BCUT2D eigenvalue weighted by Gasteiger charge is -2.29. The van der Waals surface area contributed by atoms with E-state index in [4.69, 9.17) is 19.6 Å². The van der Waals surface area contributed by atoms with Crippen molar-refractivity contribution in [2.45, 2.75) is 45.7 Å². The van der Waals surface area contributed by atoms with Gasteiger partial charge in [-0.15, -0.1) is 0 Å². The van der Waals surface area contributed by atoms with Crippen LogP contribution in [0.1, 0.15) is 34.1 Å². The first-order valence-corrected chi connectivity index (χ1v) is 4.21. The molecule has 2 fully saturated rings. The summed E-state index contributed by atoms with van der Waals surface area (Å²) in [4.78, 5) is 20.4. The topological polar surface area (TPSA) is 36.9 Å². The van der Waals surface area contributed by atoms with Crippen LogP contribution in [0.15, 0.2) is 0 Å². The van der Waals surface area contributed by atoms with Crippen molar-refractivity contribution in [3.63, 3.8) is 0 Å². The Bertz CT molecular complexity index is 187. The van der Waals surface area contributed by atoms with Crippen LogP contribution in [0.2, 0.25) is 0 Å². The summed E-state index contributed by atoms with van der Waals surface area (Å²) in [5.74, 6) is -1.53. The summed E-state index contributed by atoms with van der Waals surface area (Å²) >= 11 is 0. The van der Waals surface area contributed by atoms with Gasteiger partial charge in [0.05, 0.1) is 5.41 Å². The quantitative estimate of drug-likeness (QED) is 0.567. The van der Waals surface area contributed by atoms with Crippen molar-refractivity contribution >= 4 is 0 Å². The zero-order chi connectivity index (χ0) is 9.04. The number of hydrogen-bond acceptors (Lipinski definition) is 4. The highest BCUT2D eigenvalue weighted by molar-refractivity contribution is 5.01. The Hall–Kier alpha value is -0.160. The van der Waals surface area contributed by atoms with Crippen LogP contribution in [0.25, 0.3) is 0 Å². The summed E-state index contributed by atoms with van der Waals surface area (Å²) in [6.07, 6.45) is 0.875. The Labute approximate surface area is 71.6 Å². The lowest BCUT2D eigenvalue weighted by molar-refractivity contribution is -0.583. The van der Waals surface area contributed by atoms with E-state index in [9.17, 15) is 0 Å². The first-order valence-electron chi connectivity index (χ1n) is 4.21. The van der Waals surface area contributed by atoms with Crippen LogP contribution in [0.3, 0.4) is 0 Å². The Morgan fingerprint density at radius 1 is 0.833 bits per heavy atom. The SMILES string of the molecule is CCC1(C)C2(C)OOC1(C)OO2. The third-order valence-corrected chi connectivity index (χ3v) is 3.43. The van der Waals surface area contributed by atoms with Gasteiger partial charge in [0.15, 0.2) is 0 Å². The molecule has 0 aromatic carbocycles.